The standard InChI is InChI=1S/C23H20ClN3O4S/c24-16-3-7-19(8-4-16)31-13-21-26-18(14-32-21)11-20(28)25-17-5-1-15(2-6-17)12-27-22(29)9-10-23(27)30/h1-8,14H,9-13H2,(H,25,28). The summed E-state index contributed by atoms with van der Waals surface area (Å²) < 4.78 is 5.68. The lowest BCUT2D eigenvalue weighted by Gasteiger charge is -2.14. The Morgan fingerprint density at radius 1 is 1.06 bits per heavy atom. The summed E-state index contributed by atoms with van der Waals surface area (Å²) >= 11 is 7.30. The smallest absolute Gasteiger partial charge is 0.230 e. The van der Waals surface area contributed by atoms with E-state index in [1.807, 2.05) is 5.38 Å². The van der Waals surface area contributed by atoms with E-state index in [9.17, 15) is 14.4 Å². The molecule has 32 heavy (non-hydrogen) atoms. The van der Waals surface area contributed by atoms with E-state index in [4.69, 9.17) is 16.3 Å². The highest BCUT2D eigenvalue weighted by Gasteiger charge is 2.28. The molecule has 3 amide bonds. The number of nitrogens with zero attached hydrogens (tertiary/aromatic N) is 2. The van der Waals surface area contributed by atoms with E-state index < -0.39 is 0 Å². The minimum Gasteiger partial charge on any atom is -0.486 e. The number of anilines is 1. The maximum absolute atomic E-state index is 12.4. The summed E-state index contributed by atoms with van der Waals surface area (Å²) in [6.45, 7) is 0.572. The van der Waals surface area contributed by atoms with Crippen LogP contribution < -0.4 is 10.1 Å². The van der Waals surface area contributed by atoms with Crippen LogP contribution in [0.2, 0.25) is 5.02 Å². The van der Waals surface area contributed by atoms with Gasteiger partial charge >= 0.3 is 0 Å². The predicted octanol–water partition coefficient (Wildman–Crippen LogP) is 4.21. The molecule has 0 saturated carbocycles. The van der Waals surface area contributed by atoms with Crippen LogP contribution >= 0.6 is 22.9 Å². The molecule has 9 heteroatoms. The van der Waals surface area contributed by atoms with E-state index in [1.54, 1.807) is 48.5 Å². The number of carbonyl (C=O) groups excluding carboxylic acids is 3. The largest absolute Gasteiger partial charge is 0.486 e. The number of halogens is 1. The fourth-order valence-corrected chi connectivity index (χ4v) is 4.05. The molecule has 0 radical (unpaired) electrons. The maximum atomic E-state index is 12.4. The second kappa shape index (κ2) is 9.93. The van der Waals surface area contributed by atoms with Gasteiger partial charge in [0.25, 0.3) is 0 Å². The topological polar surface area (TPSA) is 88.6 Å². The van der Waals surface area contributed by atoms with Gasteiger partial charge < -0.3 is 10.1 Å². The highest BCUT2D eigenvalue weighted by atomic mass is 35.5. The molecule has 0 atom stereocenters. The van der Waals surface area contributed by atoms with Gasteiger partial charge in [-0.15, -0.1) is 11.3 Å². The van der Waals surface area contributed by atoms with Gasteiger partial charge in [-0.2, -0.15) is 0 Å². The van der Waals surface area contributed by atoms with Gasteiger partial charge in [-0.05, 0) is 42.0 Å². The van der Waals surface area contributed by atoms with Crippen LogP contribution in [0.25, 0.3) is 0 Å². The summed E-state index contributed by atoms with van der Waals surface area (Å²) in [6, 6.07) is 14.2. The molecule has 0 unspecified atom stereocenters. The third-order valence-electron chi connectivity index (χ3n) is 4.85. The minimum atomic E-state index is -0.182. The molecule has 0 bridgehead atoms. The first-order valence-corrected chi connectivity index (χ1v) is 11.3. The summed E-state index contributed by atoms with van der Waals surface area (Å²) in [5, 5.41) is 6.10. The number of thiazole rings is 1. The molecule has 1 N–H and O–H groups in total. The Morgan fingerprint density at radius 2 is 1.75 bits per heavy atom. The van der Waals surface area contributed by atoms with Crippen molar-refractivity contribution >= 4 is 46.3 Å². The molecular formula is C23H20ClN3O4S. The number of imide groups is 1. The molecule has 2 aromatic carbocycles. The van der Waals surface area contributed by atoms with Crippen molar-refractivity contribution in [2.75, 3.05) is 5.32 Å². The lowest BCUT2D eigenvalue weighted by Crippen LogP contribution is -2.28. The zero-order valence-electron chi connectivity index (χ0n) is 17.0. The summed E-state index contributed by atoms with van der Waals surface area (Å²) in [4.78, 5) is 41.5. The van der Waals surface area contributed by atoms with E-state index in [0.29, 0.717) is 28.8 Å². The zero-order valence-corrected chi connectivity index (χ0v) is 18.6. The van der Waals surface area contributed by atoms with Gasteiger partial charge in [0.15, 0.2) is 0 Å². The molecule has 164 valence electrons. The van der Waals surface area contributed by atoms with Crippen LogP contribution in [-0.4, -0.2) is 27.6 Å². The predicted molar refractivity (Wildman–Crippen MR) is 121 cm³/mol. The van der Waals surface area contributed by atoms with E-state index in [0.717, 1.165) is 10.6 Å². The van der Waals surface area contributed by atoms with Gasteiger partial charge in [-0.1, -0.05) is 23.7 Å². The van der Waals surface area contributed by atoms with Gasteiger partial charge in [-0.25, -0.2) is 4.98 Å². The Morgan fingerprint density at radius 3 is 2.44 bits per heavy atom. The Hall–Kier alpha value is -3.23. The van der Waals surface area contributed by atoms with Gasteiger partial charge in [0, 0.05) is 28.9 Å². The summed E-state index contributed by atoms with van der Waals surface area (Å²) in [5.41, 5.74) is 2.14. The zero-order chi connectivity index (χ0) is 22.5. The van der Waals surface area contributed by atoms with Crippen LogP contribution in [0.15, 0.2) is 53.9 Å². The number of aromatic nitrogens is 1. The number of carbonyl (C=O) groups is 3. The number of hydrogen-bond acceptors (Lipinski definition) is 6. The molecule has 1 fully saturated rings. The second-order valence-electron chi connectivity index (χ2n) is 7.27. The summed E-state index contributed by atoms with van der Waals surface area (Å²) in [6.07, 6.45) is 0.701. The average molecular weight is 470 g/mol. The molecule has 1 aliphatic heterocycles. The Balaban J connectivity index is 1.26. The fraction of sp³-hybridized carbons (Fsp3) is 0.217. The molecule has 2 heterocycles. The number of hydrogen-bond donors (Lipinski definition) is 1. The van der Waals surface area contributed by atoms with Crippen LogP contribution in [0.3, 0.4) is 0 Å². The molecular weight excluding hydrogens is 450 g/mol. The van der Waals surface area contributed by atoms with E-state index in [-0.39, 0.29) is 43.5 Å². The number of rotatable bonds is 8. The quantitative estimate of drug-likeness (QED) is 0.499. The van der Waals surface area contributed by atoms with E-state index in [1.165, 1.54) is 16.2 Å². The highest BCUT2D eigenvalue weighted by Crippen LogP contribution is 2.20. The molecule has 4 rings (SSSR count). The molecule has 0 aliphatic carbocycles. The first kappa shape index (κ1) is 22.0. The Bertz CT molecular complexity index is 1110. The molecule has 3 aromatic rings. The van der Waals surface area contributed by atoms with Gasteiger partial charge in [0.2, 0.25) is 17.7 Å². The number of benzene rings is 2. The Labute approximate surface area is 194 Å². The van der Waals surface area contributed by atoms with Crippen molar-refractivity contribution in [3.63, 3.8) is 0 Å². The monoisotopic (exact) mass is 469 g/mol. The van der Waals surface area contributed by atoms with Crippen LogP contribution in [0.4, 0.5) is 5.69 Å². The van der Waals surface area contributed by atoms with Crippen molar-refractivity contribution in [3.05, 3.63) is 75.2 Å². The summed E-state index contributed by atoms with van der Waals surface area (Å²) in [5.74, 6) is 0.228. The molecule has 0 spiro atoms. The molecule has 7 nitrogen and oxygen atoms in total. The second-order valence-corrected chi connectivity index (χ2v) is 8.65. The number of nitrogens with one attached hydrogen (secondary N) is 1. The van der Waals surface area contributed by atoms with Crippen molar-refractivity contribution in [1.82, 2.24) is 9.88 Å². The normalized spacial score (nSPS) is 13.5. The van der Waals surface area contributed by atoms with Crippen LogP contribution in [0.1, 0.15) is 29.1 Å². The molecule has 1 aromatic heterocycles. The average Bonchev–Trinajstić information content (AvgIpc) is 3.35. The van der Waals surface area contributed by atoms with Crippen molar-refractivity contribution in [3.8, 4) is 5.75 Å². The first-order valence-electron chi connectivity index (χ1n) is 10.00. The third kappa shape index (κ3) is 5.72. The lowest BCUT2D eigenvalue weighted by molar-refractivity contribution is -0.139. The number of ether oxygens (including phenoxy) is 1. The molecule has 1 aliphatic rings. The van der Waals surface area contributed by atoms with Crippen molar-refractivity contribution in [2.45, 2.75) is 32.4 Å². The van der Waals surface area contributed by atoms with E-state index >= 15 is 0 Å². The van der Waals surface area contributed by atoms with Crippen LogP contribution in [-0.2, 0) is 34.0 Å². The molecule has 1 saturated heterocycles. The van der Waals surface area contributed by atoms with Crippen molar-refractivity contribution in [2.24, 2.45) is 0 Å². The van der Waals surface area contributed by atoms with Gasteiger partial charge in [-0.3, -0.25) is 19.3 Å². The van der Waals surface area contributed by atoms with Crippen molar-refractivity contribution in [1.29, 1.82) is 0 Å². The third-order valence-corrected chi connectivity index (χ3v) is 5.97. The SMILES string of the molecule is O=C(Cc1csc(COc2ccc(Cl)cc2)n1)Nc1ccc(CN2C(=O)CCC2=O)cc1. The van der Waals surface area contributed by atoms with Crippen molar-refractivity contribution < 1.29 is 19.1 Å². The van der Waals surface area contributed by atoms with Gasteiger partial charge in [0.05, 0.1) is 18.7 Å². The first-order chi connectivity index (χ1) is 15.5. The van der Waals surface area contributed by atoms with Crippen LogP contribution in [0.5, 0.6) is 5.75 Å². The minimum absolute atomic E-state index is 0.145. The Kier molecular flexibility index (Phi) is 6.82. The lowest BCUT2D eigenvalue weighted by atomic mass is 10.2. The number of amides is 3. The maximum Gasteiger partial charge on any atom is 0.230 e. The fourth-order valence-electron chi connectivity index (χ4n) is 3.22. The highest BCUT2D eigenvalue weighted by molar-refractivity contribution is 7.09. The van der Waals surface area contributed by atoms with E-state index in [2.05, 4.69) is 10.3 Å². The van der Waals surface area contributed by atoms with Gasteiger partial charge in [0.1, 0.15) is 17.4 Å². The van der Waals surface area contributed by atoms with Crippen LogP contribution in [0, 0.1) is 0 Å². The number of likely N-dealkylation sites (tertiary alicyclic amines) is 1. The summed E-state index contributed by atoms with van der Waals surface area (Å²) in [7, 11) is 0.